The smallest absolute Gasteiger partial charge is 0.324 e. The van der Waals surface area contributed by atoms with E-state index in [0.29, 0.717) is 31.2 Å². The molecule has 1 aromatic carbocycles. The van der Waals surface area contributed by atoms with E-state index in [2.05, 4.69) is 18.8 Å². The molecule has 0 aliphatic carbocycles. The number of likely N-dealkylation sites (tertiary alicyclic amines) is 1. The van der Waals surface area contributed by atoms with Crippen molar-refractivity contribution < 1.29 is 19.1 Å². The zero-order chi connectivity index (χ0) is 27.5. The lowest BCUT2D eigenvalue weighted by molar-refractivity contribution is -0.129. The number of carbonyl (C=O) groups is 2. The number of carbonyl (C=O) groups excluding carboxylic acids is 2. The molecule has 2 aromatic heterocycles. The van der Waals surface area contributed by atoms with Crippen molar-refractivity contribution in [2.45, 2.75) is 58.0 Å². The van der Waals surface area contributed by atoms with Crippen LogP contribution in [0.1, 0.15) is 63.6 Å². The molecule has 2 atom stereocenters. The molecule has 208 valence electrons. The summed E-state index contributed by atoms with van der Waals surface area (Å²) < 4.78 is 13.5. The van der Waals surface area contributed by atoms with Crippen LogP contribution < -0.4 is 14.4 Å². The molecule has 39 heavy (non-hydrogen) atoms. The molecule has 2 fully saturated rings. The number of unbranched alkanes of at least 4 members (excludes halogenated alkanes) is 2. The summed E-state index contributed by atoms with van der Waals surface area (Å²) in [6.45, 7) is 6.90. The molecule has 2 unspecified atom stereocenters. The quantitative estimate of drug-likeness (QED) is 0.326. The topological polar surface area (TPSA) is 80.1 Å². The van der Waals surface area contributed by atoms with Gasteiger partial charge >= 0.3 is 6.03 Å². The fourth-order valence-electron chi connectivity index (χ4n) is 5.75. The van der Waals surface area contributed by atoms with Crippen LogP contribution in [-0.2, 0) is 4.79 Å². The van der Waals surface area contributed by atoms with Gasteiger partial charge in [0, 0.05) is 56.2 Å². The summed E-state index contributed by atoms with van der Waals surface area (Å²) in [7, 11) is 3.47. The molecular formula is C30H39N5O4. The number of likely N-dealkylation sites (N-methyl/N-ethyl adjacent to an activating group) is 1. The largest absolute Gasteiger partial charge is 0.493 e. The van der Waals surface area contributed by atoms with Crippen LogP contribution >= 0.6 is 0 Å². The SMILES string of the molecule is CCCCCOc1cc(N2CCCN(C(C)c3ccnc4c3ccn4C3CCN(C)C3=O)C2=O)ccc1OC. The summed E-state index contributed by atoms with van der Waals surface area (Å²) in [6.07, 6.45) is 8.58. The maximum absolute atomic E-state index is 13.8. The molecule has 0 spiro atoms. The number of hydrogen-bond donors (Lipinski definition) is 0. The second-order valence-electron chi connectivity index (χ2n) is 10.5. The normalized spacial score (nSPS) is 18.8. The number of methoxy groups -OCH3 is 1. The standard InChI is InChI=1S/C30H39N5O4/c1-5-6-7-19-39-27-20-22(9-10-26(27)38-4)34-16-8-15-33(30(34)37)21(2)23-11-14-31-28-24(23)12-18-35(28)25-13-17-32(3)29(25)36/h9-12,14,18,20-21,25H,5-8,13,15-17,19H2,1-4H3. The van der Waals surface area contributed by atoms with Gasteiger partial charge in [-0.15, -0.1) is 0 Å². The summed E-state index contributed by atoms with van der Waals surface area (Å²) in [6, 6.07) is 9.29. The number of amides is 3. The Morgan fingerprint density at radius 1 is 1.08 bits per heavy atom. The Bertz CT molecular complexity index is 1340. The second-order valence-corrected chi connectivity index (χ2v) is 10.5. The first-order valence-corrected chi connectivity index (χ1v) is 14.0. The van der Waals surface area contributed by atoms with Gasteiger partial charge in [0.25, 0.3) is 0 Å². The highest BCUT2D eigenvalue weighted by atomic mass is 16.5. The van der Waals surface area contributed by atoms with E-state index >= 15 is 0 Å². The minimum absolute atomic E-state index is 0.0344. The van der Waals surface area contributed by atoms with Crippen molar-refractivity contribution in [1.29, 1.82) is 0 Å². The molecule has 0 N–H and O–H groups in total. The number of urea groups is 1. The lowest BCUT2D eigenvalue weighted by Gasteiger charge is -2.39. The highest BCUT2D eigenvalue weighted by molar-refractivity contribution is 5.94. The van der Waals surface area contributed by atoms with Gasteiger partial charge in [-0.3, -0.25) is 9.69 Å². The third-order valence-corrected chi connectivity index (χ3v) is 8.02. The number of rotatable bonds is 10. The number of hydrogen-bond acceptors (Lipinski definition) is 5. The van der Waals surface area contributed by atoms with Crippen LogP contribution in [-0.4, -0.2) is 71.7 Å². The van der Waals surface area contributed by atoms with Crippen LogP contribution in [0.3, 0.4) is 0 Å². The minimum atomic E-state index is -0.230. The van der Waals surface area contributed by atoms with Crippen LogP contribution in [0.25, 0.3) is 11.0 Å². The zero-order valence-corrected chi connectivity index (χ0v) is 23.4. The van der Waals surface area contributed by atoms with E-state index in [0.717, 1.165) is 60.9 Å². The first kappa shape index (κ1) is 26.8. The molecule has 4 heterocycles. The summed E-state index contributed by atoms with van der Waals surface area (Å²) in [4.78, 5) is 36.7. The zero-order valence-electron chi connectivity index (χ0n) is 23.4. The van der Waals surface area contributed by atoms with Crippen molar-refractivity contribution >= 4 is 28.7 Å². The predicted octanol–water partition coefficient (Wildman–Crippen LogP) is 5.41. The van der Waals surface area contributed by atoms with Crippen molar-refractivity contribution in [1.82, 2.24) is 19.4 Å². The van der Waals surface area contributed by atoms with Crippen molar-refractivity contribution in [3.63, 3.8) is 0 Å². The van der Waals surface area contributed by atoms with E-state index in [1.807, 2.05) is 57.9 Å². The van der Waals surface area contributed by atoms with Gasteiger partial charge in [-0.2, -0.15) is 0 Å². The average molecular weight is 534 g/mol. The van der Waals surface area contributed by atoms with E-state index in [1.54, 1.807) is 18.2 Å². The fraction of sp³-hybridized carbons (Fsp3) is 0.500. The van der Waals surface area contributed by atoms with E-state index in [4.69, 9.17) is 9.47 Å². The van der Waals surface area contributed by atoms with Gasteiger partial charge in [0.1, 0.15) is 11.7 Å². The first-order chi connectivity index (χ1) is 18.9. The van der Waals surface area contributed by atoms with Gasteiger partial charge in [0.15, 0.2) is 11.5 Å². The maximum atomic E-state index is 13.8. The molecule has 0 saturated carbocycles. The predicted molar refractivity (Wildman–Crippen MR) is 152 cm³/mol. The summed E-state index contributed by atoms with van der Waals surface area (Å²) in [5.74, 6) is 1.44. The third kappa shape index (κ3) is 5.14. The number of ether oxygens (including phenoxy) is 2. The Balaban J connectivity index is 1.38. The molecule has 2 aliphatic rings. The van der Waals surface area contributed by atoms with E-state index in [1.165, 1.54) is 0 Å². The lowest BCUT2D eigenvalue weighted by Crippen LogP contribution is -2.50. The molecule has 2 aliphatic heterocycles. The second kappa shape index (κ2) is 11.6. The van der Waals surface area contributed by atoms with Gasteiger partial charge in [0.2, 0.25) is 5.91 Å². The Morgan fingerprint density at radius 3 is 2.67 bits per heavy atom. The molecular weight excluding hydrogens is 494 g/mol. The number of aromatic nitrogens is 2. The van der Waals surface area contributed by atoms with Crippen LogP contribution in [0.2, 0.25) is 0 Å². The summed E-state index contributed by atoms with van der Waals surface area (Å²) in [5, 5.41) is 0.976. The van der Waals surface area contributed by atoms with Gasteiger partial charge in [-0.05, 0) is 56.0 Å². The maximum Gasteiger partial charge on any atom is 0.324 e. The average Bonchev–Trinajstić information content (AvgIpc) is 3.53. The lowest BCUT2D eigenvalue weighted by atomic mass is 10.0. The highest BCUT2D eigenvalue weighted by Crippen LogP contribution is 2.36. The molecule has 9 heteroatoms. The van der Waals surface area contributed by atoms with E-state index in [-0.39, 0.29) is 24.0 Å². The number of benzene rings is 1. The minimum Gasteiger partial charge on any atom is -0.493 e. The Kier molecular flexibility index (Phi) is 7.95. The number of fused-ring (bicyclic) bond motifs is 1. The molecule has 3 amide bonds. The summed E-state index contributed by atoms with van der Waals surface area (Å²) >= 11 is 0. The van der Waals surface area contributed by atoms with Crippen molar-refractivity contribution in [3.8, 4) is 11.5 Å². The summed E-state index contributed by atoms with van der Waals surface area (Å²) in [5.41, 5.74) is 2.62. The Morgan fingerprint density at radius 2 is 1.92 bits per heavy atom. The van der Waals surface area contributed by atoms with Crippen molar-refractivity contribution in [3.05, 3.63) is 48.3 Å². The molecule has 5 rings (SSSR count). The molecule has 0 bridgehead atoms. The molecule has 2 saturated heterocycles. The molecule has 3 aromatic rings. The van der Waals surface area contributed by atoms with Crippen molar-refractivity contribution in [2.75, 3.05) is 45.3 Å². The number of nitrogens with zero attached hydrogens (tertiary/aromatic N) is 5. The van der Waals surface area contributed by atoms with Crippen molar-refractivity contribution in [2.24, 2.45) is 0 Å². The van der Waals surface area contributed by atoms with Gasteiger partial charge in [-0.25, -0.2) is 9.78 Å². The Hall–Kier alpha value is -3.75. The highest BCUT2D eigenvalue weighted by Gasteiger charge is 2.34. The number of anilines is 1. The van der Waals surface area contributed by atoms with Gasteiger partial charge in [0.05, 0.1) is 19.8 Å². The third-order valence-electron chi connectivity index (χ3n) is 8.02. The van der Waals surface area contributed by atoms with E-state index in [9.17, 15) is 9.59 Å². The monoisotopic (exact) mass is 533 g/mol. The first-order valence-electron chi connectivity index (χ1n) is 14.0. The van der Waals surface area contributed by atoms with Crippen LogP contribution in [0.15, 0.2) is 42.7 Å². The van der Waals surface area contributed by atoms with Crippen LogP contribution in [0.4, 0.5) is 10.5 Å². The van der Waals surface area contributed by atoms with Gasteiger partial charge < -0.3 is 23.8 Å². The fourth-order valence-corrected chi connectivity index (χ4v) is 5.75. The molecule has 0 radical (unpaired) electrons. The number of pyridine rings is 1. The van der Waals surface area contributed by atoms with Crippen LogP contribution in [0, 0.1) is 0 Å². The van der Waals surface area contributed by atoms with E-state index < -0.39 is 0 Å². The molecule has 9 nitrogen and oxygen atoms in total. The van der Waals surface area contributed by atoms with Crippen LogP contribution in [0.5, 0.6) is 11.5 Å². The Labute approximate surface area is 230 Å². The van der Waals surface area contributed by atoms with Gasteiger partial charge in [-0.1, -0.05) is 19.8 Å².